The van der Waals surface area contributed by atoms with Crippen LogP contribution in [0.15, 0.2) is 29.2 Å². The number of carbonyl (C=O) groups is 1. The molecule has 0 radical (unpaired) electrons. The van der Waals surface area contributed by atoms with Crippen LogP contribution in [0.4, 0.5) is 4.79 Å². The maximum Gasteiger partial charge on any atom is 0.317 e. The third-order valence-corrected chi connectivity index (χ3v) is 4.87. The van der Waals surface area contributed by atoms with Crippen molar-refractivity contribution in [2.75, 3.05) is 19.3 Å². The van der Waals surface area contributed by atoms with E-state index in [1.807, 2.05) is 4.90 Å². The predicted molar refractivity (Wildman–Crippen MR) is 81.8 cm³/mol. The van der Waals surface area contributed by atoms with Crippen LogP contribution in [0.25, 0.3) is 0 Å². The van der Waals surface area contributed by atoms with E-state index in [2.05, 4.69) is 12.2 Å². The molecule has 1 atom stereocenters. The van der Waals surface area contributed by atoms with Crippen LogP contribution in [0.2, 0.25) is 0 Å². The lowest BCUT2D eigenvalue weighted by Gasteiger charge is -2.30. The second kappa shape index (κ2) is 6.47. The zero-order valence-corrected chi connectivity index (χ0v) is 13.3. The fourth-order valence-corrected chi connectivity index (χ4v) is 3.15. The Morgan fingerprint density at radius 1 is 1.33 bits per heavy atom. The Balaban J connectivity index is 1.89. The van der Waals surface area contributed by atoms with Crippen LogP contribution >= 0.6 is 0 Å². The van der Waals surface area contributed by atoms with Gasteiger partial charge in [0.2, 0.25) is 0 Å². The van der Waals surface area contributed by atoms with Gasteiger partial charge in [-0.15, -0.1) is 0 Å². The molecule has 0 saturated carbocycles. The predicted octanol–water partition coefficient (Wildman–Crippen LogP) is 2.03. The molecule has 2 rings (SSSR count). The summed E-state index contributed by atoms with van der Waals surface area (Å²) in [5.74, 6) is 0.554. The first-order valence-corrected chi connectivity index (χ1v) is 9.07. The molecule has 2 amide bonds. The third kappa shape index (κ3) is 4.46. The SMILES string of the molecule is CC1CCCN(C(=O)NCc2ccc(S(C)(=O)=O)cc2)C1. The monoisotopic (exact) mass is 310 g/mol. The second-order valence-corrected chi connectivity index (χ2v) is 7.78. The molecule has 1 fully saturated rings. The van der Waals surface area contributed by atoms with Gasteiger partial charge in [-0.2, -0.15) is 0 Å². The summed E-state index contributed by atoms with van der Waals surface area (Å²) in [6, 6.07) is 6.55. The van der Waals surface area contributed by atoms with Crippen molar-refractivity contribution in [3.8, 4) is 0 Å². The number of hydrogen-bond acceptors (Lipinski definition) is 3. The van der Waals surface area contributed by atoms with Gasteiger partial charge in [-0.3, -0.25) is 0 Å². The lowest BCUT2D eigenvalue weighted by molar-refractivity contribution is 0.169. The van der Waals surface area contributed by atoms with Gasteiger partial charge in [0, 0.05) is 25.9 Å². The molecule has 1 N–H and O–H groups in total. The van der Waals surface area contributed by atoms with Gasteiger partial charge >= 0.3 is 6.03 Å². The Bertz CT molecular complexity index is 596. The van der Waals surface area contributed by atoms with Crippen molar-refractivity contribution in [1.82, 2.24) is 10.2 Å². The van der Waals surface area contributed by atoms with E-state index in [0.717, 1.165) is 25.1 Å². The highest BCUT2D eigenvalue weighted by molar-refractivity contribution is 7.90. The number of sulfone groups is 1. The number of nitrogens with one attached hydrogen (secondary N) is 1. The fraction of sp³-hybridized carbons (Fsp3) is 0.533. The Morgan fingerprint density at radius 3 is 2.57 bits per heavy atom. The van der Waals surface area contributed by atoms with E-state index >= 15 is 0 Å². The normalized spacial score (nSPS) is 19.3. The molecule has 1 aromatic carbocycles. The molecular formula is C15H22N2O3S. The van der Waals surface area contributed by atoms with E-state index < -0.39 is 9.84 Å². The average Bonchev–Trinajstić information content (AvgIpc) is 2.44. The number of benzene rings is 1. The summed E-state index contributed by atoms with van der Waals surface area (Å²) in [5, 5.41) is 2.88. The van der Waals surface area contributed by atoms with Gasteiger partial charge in [-0.05, 0) is 36.5 Å². The number of carbonyl (C=O) groups excluding carboxylic acids is 1. The number of nitrogens with zero attached hydrogens (tertiary/aromatic N) is 1. The summed E-state index contributed by atoms with van der Waals surface area (Å²) in [4.78, 5) is 14.2. The first kappa shape index (κ1) is 15.8. The van der Waals surface area contributed by atoms with Crippen LogP contribution in [0.1, 0.15) is 25.3 Å². The van der Waals surface area contributed by atoms with Crippen LogP contribution in [0.5, 0.6) is 0 Å². The quantitative estimate of drug-likeness (QED) is 0.929. The van der Waals surface area contributed by atoms with Crippen LogP contribution in [0, 0.1) is 5.92 Å². The van der Waals surface area contributed by atoms with E-state index in [9.17, 15) is 13.2 Å². The van der Waals surface area contributed by atoms with Gasteiger partial charge < -0.3 is 10.2 Å². The van der Waals surface area contributed by atoms with Gasteiger partial charge in [-0.25, -0.2) is 13.2 Å². The first-order chi connectivity index (χ1) is 9.86. The zero-order valence-electron chi connectivity index (χ0n) is 12.5. The summed E-state index contributed by atoms with van der Waals surface area (Å²) in [5.41, 5.74) is 0.890. The number of urea groups is 1. The van der Waals surface area contributed by atoms with Gasteiger partial charge in [0.05, 0.1) is 4.90 Å². The van der Waals surface area contributed by atoms with Gasteiger partial charge in [0.15, 0.2) is 9.84 Å². The zero-order chi connectivity index (χ0) is 15.5. The lowest BCUT2D eigenvalue weighted by atomic mass is 10.0. The van der Waals surface area contributed by atoms with Crippen LogP contribution in [-0.4, -0.2) is 38.7 Å². The largest absolute Gasteiger partial charge is 0.334 e. The Morgan fingerprint density at radius 2 is 2.00 bits per heavy atom. The molecule has 0 bridgehead atoms. The Kier molecular flexibility index (Phi) is 4.88. The van der Waals surface area contributed by atoms with Crippen LogP contribution < -0.4 is 5.32 Å². The molecule has 21 heavy (non-hydrogen) atoms. The number of piperidine rings is 1. The third-order valence-electron chi connectivity index (χ3n) is 3.74. The summed E-state index contributed by atoms with van der Waals surface area (Å²) in [7, 11) is -3.17. The van der Waals surface area contributed by atoms with E-state index in [1.54, 1.807) is 24.3 Å². The summed E-state index contributed by atoms with van der Waals surface area (Å²) >= 11 is 0. The molecule has 116 valence electrons. The van der Waals surface area contributed by atoms with Gasteiger partial charge in [0.25, 0.3) is 0 Å². The van der Waals surface area contributed by atoms with Gasteiger partial charge in [-0.1, -0.05) is 19.1 Å². The molecule has 0 spiro atoms. The van der Waals surface area contributed by atoms with Crippen molar-refractivity contribution in [1.29, 1.82) is 0 Å². The van der Waals surface area contributed by atoms with Crippen molar-refractivity contribution in [3.05, 3.63) is 29.8 Å². The lowest BCUT2D eigenvalue weighted by Crippen LogP contribution is -2.44. The molecule has 0 aliphatic carbocycles. The van der Waals surface area contributed by atoms with Gasteiger partial charge in [0.1, 0.15) is 0 Å². The van der Waals surface area contributed by atoms with E-state index in [-0.39, 0.29) is 6.03 Å². The maximum atomic E-state index is 12.1. The number of likely N-dealkylation sites (tertiary alicyclic amines) is 1. The highest BCUT2D eigenvalue weighted by atomic mass is 32.2. The summed E-state index contributed by atoms with van der Waals surface area (Å²) in [6.45, 7) is 4.18. The van der Waals surface area contributed by atoms with Crippen molar-refractivity contribution >= 4 is 15.9 Å². The molecule has 6 heteroatoms. The van der Waals surface area contributed by atoms with E-state index in [0.29, 0.717) is 17.4 Å². The van der Waals surface area contributed by atoms with Crippen LogP contribution in [0.3, 0.4) is 0 Å². The minimum Gasteiger partial charge on any atom is -0.334 e. The Labute approximate surface area is 126 Å². The summed E-state index contributed by atoms with van der Waals surface area (Å²) < 4.78 is 22.7. The summed E-state index contributed by atoms with van der Waals surface area (Å²) in [6.07, 6.45) is 3.41. The Hall–Kier alpha value is -1.56. The minimum absolute atomic E-state index is 0.0475. The molecule has 1 aliphatic rings. The molecule has 1 saturated heterocycles. The molecule has 5 nitrogen and oxygen atoms in total. The topological polar surface area (TPSA) is 66.5 Å². The van der Waals surface area contributed by atoms with E-state index in [4.69, 9.17) is 0 Å². The molecular weight excluding hydrogens is 288 g/mol. The number of hydrogen-bond donors (Lipinski definition) is 1. The van der Waals surface area contributed by atoms with Crippen molar-refractivity contribution in [2.24, 2.45) is 5.92 Å². The number of amides is 2. The standard InChI is InChI=1S/C15H22N2O3S/c1-12-4-3-9-17(11-12)15(18)16-10-13-5-7-14(8-6-13)21(2,19)20/h5-8,12H,3-4,9-11H2,1-2H3,(H,16,18). The molecule has 1 heterocycles. The first-order valence-electron chi connectivity index (χ1n) is 7.18. The van der Waals surface area contributed by atoms with Crippen molar-refractivity contribution < 1.29 is 13.2 Å². The molecule has 1 aromatic rings. The highest BCUT2D eigenvalue weighted by Crippen LogP contribution is 2.15. The molecule has 1 unspecified atom stereocenters. The van der Waals surface area contributed by atoms with Crippen molar-refractivity contribution in [2.45, 2.75) is 31.2 Å². The van der Waals surface area contributed by atoms with Crippen LogP contribution in [-0.2, 0) is 16.4 Å². The maximum absolute atomic E-state index is 12.1. The smallest absolute Gasteiger partial charge is 0.317 e. The van der Waals surface area contributed by atoms with E-state index in [1.165, 1.54) is 12.7 Å². The molecule has 0 aromatic heterocycles. The molecule has 1 aliphatic heterocycles. The minimum atomic E-state index is -3.17. The number of rotatable bonds is 3. The van der Waals surface area contributed by atoms with Crippen molar-refractivity contribution in [3.63, 3.8) is 0 Å². The second-order valence-electron chi connectivity index (χ2n) is 5.77. The fourth-order valence-electron chi connectivity index (χ4n) is 2.52. The average molecular weight is 310 g/mol. The highest BCUT2D eigenvalue weighted by Gasteiger charge is 2.20.